The maximum absolute atomic E-state index is 13.1. The minimum atomic E-state index is -0.0162. The number of amides is 1. The minimum absolute atomic E-state index is 0.0162. The van der Waals surface area contributed by atoms with E-state index in [2.05, 4.69) is 31.9 Å². The summed E-state index contributed by atoms with van der Waals surface area (Å²) in [6, 6.07) is 4.07. The van der Waals surface area contributed by atoms with Gasteiger partial charge in [0.1, 0.15) is 11.4 Å². The first-order valence-corrected chi connectivity index (χ1v) is 10.3. The molecular weight excluding hydrogens is 468 g/mol. The summed E-state index contributed by atoms with van der Waals surface area (Å²) in [4.78, 5) is 16.7. The zero-order chi connectivity index (χ0) is 18.1. The molecule has 1 aromatic rings. The lowest BCUT2D eigenvalue weighted by atomic mass is 9.94. The van der Waals surface area contributed by atoms with Gasteiger partial charge in [-0.15, -0.1) is 0 Å². The van der Waals surface area contributed by atoms with E-state index in [0.29, 0.717) is 16.6 Å². The number of carbonyl (C=O) groups excluding carboxylic acids is 1. The number of ether oxygens (including phenoxy) is 1. The molecule has 1 aliphatic carbocycles. The van der Waals surface area contributed by atoms with E-state index < -0.39 is 0 Å². The van der Waals surface area contributed by atoms with Crippen LogP contribution in [0.2, 0.25) is 0 Å². The number of thiocarbonyl (C=S) groups is 1. The highest BCUT2D eigenvalue weighted by atomic mass is 79.9. The third kappa shape index (κ3) is 3.64. The van der Waals surface area contributed by atoms with Crippen molar-refractivity contribution in [2.75, 3.05) is 14.2 Å². The summed E-state index contributed by atoms with van der Waals surface area (Å²) in [7, 11) is 3.48. The van der Waals surface area contributed by atoms with E-state index in [-0.39, 0.29) is 11.9 Å². The molecule has 1 saturated carbocycles. The second-order valence-corrected chi connectivity index (χ2v) is 8.48. The molecule has 25 heavy (non-hydrogen) atoms. The van der Waals surface area contributed by atoms with E-state index in [0.717, 1.165) is 40.2 Å². The Bertz CT molecular complexity index is 745. The standard InChI is InChI=1S/C18H20Br2N2O2S/c1-21-15(9-11-8-12(19)10-14(20)16(11)24-2)17(23)22(18(21)25)13-6-4-3-5-7-13/h8-10,13H,3-7H2,1-2H3/b15-9-. The lowest BCUT2D eigenvalue weighted by Gasteiger charge is -2.30. The van der Waals surface area contributed by atoms with Crippen molar-refractivity contribution < 1.29 is 9.53 Å². The second kappa shape index (κ2) is 7.76. The zero-order valence-corrected chi connectivity index (χ0v) is 18.2. The SMILES string of the molecule is COc1c(Br)cc(Br)cc1/C=C1/C(=O)N(C2CCCCC2)C(=S)N1C. The Balaban J connectivity index is 1.98. The van der Waals surface area contributed by atoms with E-state index in [9.17, 15) is 4.79 Å². The molecule has 1 amide bonds. The third-order valence-corrected chi connectivity index (χ3v) is 6.28. The molecule has 0 N–H and O–H groups in total. The molecule has 1 heterocycles. The predicted molar refractivity (Wildman–Crippen MR) is 110 cm³/mol. The van der Waals surface area contributed by atoms with Gasteiger partial charge >= 0.3 is 0 Å². The maximum Gasteiger partial charge on any atom is 0.277 e. The molecule has 7 heteroatoms. The fraction of sp³-hybridized carbons (Fsp3) is 0.444. The zero-order valence-electron chi connectivity index (χ0n) is 14.2. The number of likely N-dealkylation sites (N-methyl/N-ethyl adjacent to an activating group) is 1. The average Bonchev–Trinajstić information content (AvgIpc) is 2.79. The largest absolute Gasteiger partial charge is 0.495 e. The summed E-state index contributed by atoms with van der Waals surface area (Å²) in [5.74, 6) is 0.677. The number of hydrogen-bond donors (Lipinski definition) is 0. The highest BCUT2D eigenvalue weighted by Crippen LogP contribution is 2.36. The van der Waals surface area contributed by atoms with Crippen molar-refractivity contribution >= 4 is 61.2 Å². The minimum Gasteiger partial charge on any atom is -0.495 e. The molecule has 0 unspecified atom stereocenters. The van der Waals surface area contributed by atoms with Crippen molar-refractivity contribution in [2.45, 2.75) is 38.1 Å². The molecule has 134 valence electrons. The maximum atomic E-state index is 13.1. The molecule has 2 fully saturated rings. The van der Waals surface area contributed by atoms with E-state index in [1.807, 2.05) is 25.3 Å². The molecular formula is C18H20Br2N2O2S. The second-order valence-electron chi connectivity index (χ2n) is 6.35. The highest BCUT2D eigenvalue weighted by Gasteiger charge is 2.40. The summed E-state index contributed by atoms with van der Waals surface area (Å²) >= 11 is 12.6. The van der Waals surface area contributed by atoms with Gasteiger partial charge in [-0.1, -0.05) is 35.2 Å². The Hall–Kier alpha value is -0.920. The van der Waals surface area contributed by atoms with Crippen molar-refractivity contribution in [3.8, 4) is 5.75 Å². The fourth-order valence-corrected chi connectivity index (χ4v) is 5.24. The van der Waals surface area contributed by atoms with E-state index in [1.165, 1.54) is 6.42 Å². The Morgan fingerprint density at radius 1 is 1.24 bits per heavy atom. The lowest BCUT2D eigenvalue weighted by molar-refractivity contribution is -0.124. The predicted octanol–water partition coefficient (Wildman–Crippen LogP) is 4.95. The molecule has 1 saturated heterocycles. The van der Waals surface area contributed by atoms with Crippen LogP contribution in [0.15, 0.2) is 26.8 Å². The summed E-state index contributed by atoms with van der Waals surface area (Å²) < 4.78 is 7.23. The first-order valence-electron chi connectivity index (χ1n) is 8.30. The molecule has 2 aliphatic rings. The van der Waals surface area contributed by atoms with E-state index in [4.69, 9.17) is 17.0 Å². The molecule has 1 aromatic carbocycles. The van der Waals surface area contributed by atoms with E-state index in [1.54, 1.807) is 16.9 Å². The quantitative estimate of drug-likeness (QED) is 0.446. The first kappa shape index (κ1) is 18.9. The van der Waals surface area contributed by atoms with Crippen molar-refractivity contribution in [2.24, 2.45) is 0 Å². The van der Waals surface area contributed by atoms with Gasteiger partial charge < -0.3 is 9.64 Å². The Labute approximate surface area is 170 Å². The number of rotatable bonds is 3. The fourth-order valence-electron chi connectivity index (χ4n) is 3.49. The molecule has 0 bridgehead atoms. The molecule has 4 nitrogen and oxygen atoms in total. The summed E-state index contributed by atoms with van der Waals surface area (Å²) in [5, 5.41) is 0.594. The van der Waals surface area contributed by atoms with Crippen LogP contribution in [0.3, 0.4) is 0 Å². The van der Waals surface area contributed by atoms with Gasteiger partial charge in [-0.25, -0.2) is 0 Å². The van der Waals surface area contributed by atoms with Gasteiger partial charge in [-0.2, -0.15) is 0 Å². The van der Waals surface area contributed by atoms with Crippen LogP contribution < -0.4 is 4.74 Å². The Morgan fingerprint density at radius 3 is 2.56 bits per heavy atom. The molecule has 0 aromatic heterocycles. The number of carbonyl (C=O) groups is 1. The van der Waals surface area contributed by atoms with Crippen LogP contribution in [-0.2, 0) is 4.79 Å². The molecule has 0 radical (unpaired) electrons. The number of halogens is 2. The topological polar surface area (TPSA) is 32.8 Å². The molecule has 3 rings (SSSR count). The van der Waals surface area contributed by atoms with Gasteiger partial charge in [0, 0.05) is 23.1 Å². The third-order valence-electron chi connectivity index (χ3n) is 4.77. The van der Waals surface area contributed by atoms with Crippen LogP contribution in [0.4, 0.5) is 0 Å². The van der Waals surface area contributed by atoms with Gasteiger partial charge in [0.15, 0.2) is 5.11 Å². The van der Waals surface area contributed by atoms with Crippen LogP contribution in [0.25, 0.3) is 6.08 Å². The van der Waals surface area contributed by atoms with Crippen molar-refractivity contribution in [3.05, 3.63) is 32.3 Å². The van der Waals surface area contributed by atoms with Crippen LogP contribution in [-0.4, -0.2) is 41.0 Å². The monoisotopic (exact) mass is 486 g/mol. The van der Waals surface area contributed by atoms with Gasteiger partial charge in [-0.05, 0) is 59.2 Å². The first-order chi connectivity index (χ1) is 11.9. The Morgan fingerprint density at radius 2 is 1.92 bits per heavy atom. The van der Waals surface area contributed by atoms with Crippen LogP contribution >= 0.6 is 44.1 Å². The van der Waals surface area contributed by atoms with E-state index >= 15 is 0 Å². The normalized spacial score (nSPS) is 20.7. The molecule has 0 spiro atoms. The summed E-state index contributed by atoms with van der Waals surface area (Å²) in [6.45, 7) is 0. The number of nitrogens with zero attached hydrogens (tertiary/aromatic N) is 2. The number of methoxy groups -OCH3 is 1. The molecule has 0 atom stereocenters. The van der Waals surface area contributed by atoms with Crippen molar-refractivity contribution in [1.82, 2.24) is 9.80 Å². The van der Waals surface area contributed by atoms with Gasteiger partial charge in [0.25, 0.3) is 5.91 Å². The number of benzene rings is 1. The lowest BCUT2D eigenvalue weighted by Crippen LogP contribution is -2.41. The Kier molecular flexibility index (Phi) is 5.85. The van der Waals surface area contributed by atoms with Crippen molar-refractivity contribution in [1.29, 1.82) is 0 Å². The summed E-state index contributed by atoms with van der Waals surface area (Å²) in [5.41, 5.74) is 1.41. The van der Waals surface area contributed by atoms with Gasteiger partial charge in [-0.3, -0.25) is 9.69 Å². The van der Waals surface area contributed by atoms with Gasteiger partial charge in [0.2, 0.25) is 0 Å². The van der Waals surface area contributed by atoms with Crippen LogP contribution in [0.5, 0.6) is 5.75 Å². The van der Waals surface area contributed by atoms with Gasteiger partial charge in [0.05, 0.1) is 11.6 Å². The average molecular weight is 488 g/mol. The van der Waals surface area contributed by atoms with Crippen LogP contribution in [0.1, 0.15) is 37.7 Å². The number of hydrogen-bond acceptors (Lipinski definition) is 3. The molecule has 1 aliphatic heterocycles. The smallest absolute Gasteiger partial charge is 0.277 e. The van der Waals surface area contributed by atoms with Crippen molar-refractivity contribution in [3.63, 3.8) is 0 Å². The van der Waals surface area contributed by atoms with Crippen LogP contribution in [0, 0.1) is 0 Å². The summed E-state index contributed by atoms with van der Waals surface area (Å²) in [6.07, 6.45) is 7.47. The highest BCUT2D eigenvalue weighted by molar-refractivity contribution is 9.11.